The molecule has 0 fully saturated rings. The van der Waals surface area contributed by atoms with Crippen LogP contribution in [0.25, 0.3) is 11.1 Å². The highest BCUT2D eigenvalue weighted by Crippen LogP contribution is 2.44. The standard InChI is InChI=1S/C27H24N2O5/c1-16(25(30)29-13-18-11-10-17(26(31)32)12-19(18)14-29)28-27(33)34-15-24-22-8-4-2-6-20(22)21-7-3-5-9-23(21)24/h2-12,16,24H,13-15H2,1H3,(H,28,33)(H,31,32). The second kappa shape index (κ2) is 8.67. The number of nitrogens with one attached hydrogen (secondary N) is 1. The lowest BCUT2D eigenvalue weighted by molar-refractivity contribution is -0.133. The van der Waals surface area contributed by atoms with Crippen LogP contribution in [0.1, 0.15) is 45.5 Å². The topological polar surface area (TPSA) is 95.9 Å². The number of rotatable bonds is 5. The summed E-state index contributed by atoms with van der Waals surface area (Å²) in [4.78, 5) is 38.2. The van der Waals surface area contributed by atoms with Gasteiger partial charge in [-0.2, -0.15) is 0 Å². The van der Waals surface area contributed by atoms with Crippen molar-refractivity contribution in [1.82, 2.24) is 10.2 Å². The molecule has 1 aliphatic heterocycles. The molecule has 1 aliphatic carbocycles. The van der Waals surface area contributed by atoms with Gasteiger partial charge in [0.2, 0.25) is 5.91 Å². The van der Waals surface area contributed by atoms with E-state index < -0.39 is 18.1 Å². The van der Waals surface area contributed by atoms with Gasteiger partial charge in [0.15, 0.2) is 0 Å². The maximum Gasteiger partial charge on any atom is 0.407 e. The first kappa shape index (κ1) is 21.7. The summed E-state index contributed by atoms with van der Waals surface area (Å²) in [5.41, 5.74) is 6.45. The Bertz CT molecular complexity index is 1260. The number of amides is 2. The van der Waals surface area contributed by atoms with Crippen LogP contribution in [-0.4, -0.2) is 40.6 Å². The Morgan fingerprint density at radius 2 is 1.59 bits per heavy atom. The first-order valence-electron chi connectivity index (χ1n) is 11.2. The third kappa shape index (κ3) is 3.90. The molecule has 34 heavy (non-hydrogen) atoms. The van der Waals surface area contributed by atoms with Gasteiger partial charge in [-0.1, -0.05) is 54.6 Å². The van der Waals surface area contributed by atoms with E-state index in [1.54, 1.807) is 24.0 Å². The summed E-state index contributed by atoms with van der Waals surface area (Å²) in [6, 6.07) is 20.3. The molecule has 1 heterocycles. The second-order valence-electron chi connectivity index (χ2n) is 8.67. The number of benzene rings is 3. The summed E-state index contributed by atoms with van der Waals surface area (Å²) in [6.07, 6.45) is -0.646. The van der Waals surface area contributed by atoms with Gasteiger partial charge < -0.3 is 20.1 Å². The van der Waals surface area contributed by atoms with E-state index in [4.69, 9.17) is 4.74 Å². The number of carboxylic acids is 1. The van der Waals surface area contributed by atoms with E-state index in [1.807, 2.05) is 36.4 Å². The maximum atomic E-state index is 12.9. The highest BCUT2D eigenvalue weighted by Gasteiger charge is 2.31. The fraction of sp³-hybridized carbons (Fsp3) is 0.222. The van der Waals surface area contributed by atoms with Gasteiger partial charge in [0.05, 0.1) is 5.56 Å². The number of alkyl carbamates (subject to hydrolysis) is 1. The van der Waals surface area contributed by atoms with E-state index in [9.17, 15) is 19.5 Å². The van der Waals surface area contributed by atoms with Crippen molar-refractivity contribution >= 4 is 18.0 Å². The molecule has 1 unspecified atom stereocenters. The number of aromatic carboxylic acids is 1. The summed E-state index contributed by atoms with van der Waals surface area (Å²) in [6.45, 7) is 2.49. The van der Waals surface area contributed by atoms with Gasteiger partial charge in [-0.3, -0.25) is 4.79 Å². The van der Waals surface area contributed by atoms with Gasteiger partial charge in [-0.15, -0.1) is 0 Å². The SMILES string of the molecule is CC(NC(=O)OCC1c2ccccc2-c2ccccc21)C(=O)N1Cc2ccc(C(=O)O)cc2C1. The number of nitrogens with zero attached hydrogens (tertiary/aromatic N) is 1. The van der Waals surface area contributed by atoms with Gasteiger partial charge in [-0.05, 0) is 52.4 Å². The molecule has 7 heteroatoms. The Labute approximate surface area is 197 Å². The van der Waals surface area contributed by atoms with Crippen LogP contribution in [-0.2, 0) is 22.6 Å². The Morgan fingerprint density at radius 1 is 0.971 bits per heavy atom. The number of carbonyl (C=O) groups is 3. The average molecular weight is 456 g/mol. The zero-order valence-corrected chi connectivity index (χ0v) is 18.7. The van der Waals surface area contributed by atoms with Crippen LogP contribution in [0.15, 0.2) is 66.7 Å². The van der Waals surface area contributed by atoms with Crippen LogP contribution in [0.4, 0.5) is 4.79 Å². The molecule has 0 saturated heterocycles. The molecule has 0 radical (unpaired) electrons. The average Bonchev–Trinajstić information content (AvgIpc) is 3.41. The molecule has 2 aliphatic rings. The quantitative estimate of drug-likeness (QED) is 0.601. The molecule has 1 atom stereocenters. The lowest BCUT2D eigenvalue weighted by atomic mass is 9.98. The maximum absolute atomic E-state index is 12.9. The molecule has 0 spiro atoms. The predicted molar refractivity (Wildman–Crippen MR) is 125 cm³/mol. The minimum absolute atomic E-state index is 0.0549. The van der Waals surface area contributed by atoms with Crippen LogP contribution < -0.4 is 5.32 Å². The smallest absolute Gasteiger partial charge is 0.407 e. The van der Waals surface area contributed by atoms with E-state index >= 15 is 0 Å². The third-order valence-electron chi connectivity index (χ3n) is 6.54. The van der Waals surface area contributed by atoms with Crippen molar-refractivity contribution in [3.8, 4) is 11.1 Å². The van der Waals surface area contributed by atoms with Crippen molar-refractivity contribution in [3.63, 3.8) is 0 Å². The minimum atomic E-state index is -1.00. The van der Waals surface area contributed by atoms with Crippen molar-refractivity contribution in [2.75, 3.05) is 6.61 Å². The summed E-state index contributed by atoms with van der Waals surface area (Å²) in [7, 11) is 0. The molecule has 2 N–H and O–H groups in total. The Balaban J connectivity index is 1.19. The number of hydrogen-bond acceptors (Lipinski definition) is 4. The van der Waals surface area contributed by atoms with E-state index in [-0.39, 0.29) is 24.0 Å². The first-order valence-corrected chi connectivity index (χ1v) is 11.2. The van der Waals surface area contributed by atoms with Crippen LogP contribution in [0.5, 0.6) is 0 Å². The van der Waals surface area contributed by atoms with Gasteiger partial charge in [0, 0.05) is 19.0 Å². The predicted octanol–water partition coefficient (Wildman–Crippen LogP) is 4.15. The van der Waals surface area contributed by atoms with Crippen molar-refractivity contribution in [2.45, 2.75) is 32.0 Å². The van der Waals surface area contributed by atoms with E-state index in [2.05, 4.69) is 17.4 Å². The van der Waals surface area contributed by atoms with E-state index in [1.165, 1.54) is 6.07 Å². The van der Waals surface area contributed by atoms with E-state index in [0.717, 1.165) is 33.4 Å². The van der Waals surface area contributed by atoms with Crippen LogP contribution in [0.3, 0.4) is 0 Å². The Kier molecular flexibility index (Phi) is 5.53. The minimum Gasteiger partial charge on any atom is -0.478 e. The number of ether oxygens (including phenoxy) is 1. The Hall–Kier alpha value is -4.13. The molecule has 0 aromatic heterocycles. The largest absolute Gasteiger partial charge is 0.478 e. The number of fused-ring (bicyclic) bond motifs is 4. The summed E-state index contributed by atoms with van der Waals surface area (Å²) in [5.74, 6) is -1.31. The molecule has 5 rings (SSSR count). The molecule has 2 amide bonds. The molecule has 3 aromatic rings. The first-order chi connectivity index (χ1) is 16.4. The van der Waals surface area contributed by atoms with Crippen LogP contribution >= 0.6 is 0 Å². The Morgan fingerprint density at radius 3 is 2.24 bits per heavy atom. The van der Waals surface area contributed by atoms with Crippen molar-refractivity contribution in [2.24, 2.45) is 0 Å². The lowest BCUT2D eigenvalue weighted by Gasteiger charge is -2.21. The van der Waals surface area contributed by atoms with Crippen molar-refractivity contribution in [3.05, 3.63) is 94.5 Å². The summed E-state index contributed by atoms with van der Waals surface area (Å²) in [5, 5.41) is 11.8. The second-order valence-corrected chi connectivity index (χ2v) is 8.67. The molecule has 0 saturated carbocycles. The number of carboxylic acid groups (broad SMARTS) is 1. The van der Waals surface area contributed by atoms with Gasteiger partial charge in [-0.25, -0.2) is 9.59 Å². The fourth-order valence-corrected chi connectivity index (χ4v) is 4.84. The normalized spacial score (nSPS) is 14.7. The summed E-state index contributed by atoms with van der Waals surface area (Å²) >= 11 is 0. The van der Waals surface area contributed by atoms with Crippen molar-refractivity contribution < 1.29 is 24.2 Å². The van der Waals surface area contributed by atoms with Crippen LogP contribution in [0, 0.1) is 0 Å². The fourth-order valence-electron chi connectivity index (χ4n) is 4.84. The molecule has 3 aromatic carbocycles. The number of carbonyl (C=O) groups excluding carboxylic acids is 2. The highest BCUT2D eigenvalue weighted by molar-refractivity contribution is 5.89. The molecule has 172 valence electrons. The third-order valence-corrected chi connectivity index (χ3v) is 6.54. The monoisotopic (exact) mass is 456 g/mol. The molecule has 0 bridgehead atoms. The number of hydrogen-bond donors (Lipinski definition) is 2. The van der Waals surface area contributed by atoms with E-state index in [0.29, 0.717) is 13.1 Å². The highest BCUT2D eigenvalue weighted by atomic mass is 16.5. The van der Waals surface area contributed by atoms with Crippen LogP contribution in [0.2, 0.25) is 0 Å². The zero-order valence-electron chi connectivity index (χ0n) is 18.7. The van der Waals surface area contributed by atoms with Gasteiger partial charge in [0.1, 0.15) is 12.6 Å². The van der Waals surface area contributed by atoms with Gasteiger partial charge in [0.25, 0.3) is 0 Å². The zero-order chi connectivity index (χ0) is 23.8. The summed E-state index contributed by atoms with van der Waals surface area (Å²) < 4.78 is 5.54. The lowest BCUT2D eigenvalue weighted by Crippen LogP contribution is -2.45. The van der Waals surface area contributed by atoms with Crippen molar-refractivity contribution in [1.29, 1.82) is 0 Å². The molecular weight excluding hydrogens is 432 g/mol. The molecular formula is C27H24N2O5. The van der Waals surface area contributed by atoms with Gasteiger partial charge >= 0.3 is 12.1 Å². The molecule has 7 nitrogen and oxygen atoms in total.